The Bertz CT molecular complexity index is 440. The van der Waals surface area contributed by atoms with Gasteiger partial charge in [0.2, 0.25) is 0 Å². The molecule has 1 rings (SSSR count). The van der Waals surface area contributed by atoms with E-state index in [1.54, 1.807) is 0 Å². The second-order valence-electron chi connectivity index (χ2n) is 3.03. The zero-order valence-electron chi connectivity index (χ0n) is 9.26. The summed E-state index contributed by atoms with van der Waals surface area (Å²) in [5.41, 5.74) is -0.552. The molecule has 17 heavy (non-hydrogen) atoms. The van der Waals surface area contributed by atoms with Crippen molar-refractivity contribution in [2.75, 3.05) is 14.2 Å². The number of aromatic carboxylic acids is 2. The van der Waals surface area contributed by atoms with Gasteiger partial charge in [0.05, 0.1) is 11.1 Å². The van der Waals surface area contributed by atoms with Gasteiger partial charge < -0.3 is 19.1 Å². The lowest BCUT2D eigenvalue weighted by molar-refractivity contribution is 0.0652. The number of hydrogen-bond acceptors (Lipinski definition) is 4. The van der Waals surface area contributed by atoms with Crippen LogP contribution in [0.3, 0.4) is 0 Å². The topological polar surface area (TPSA) is 93.1 Å². The molecule has 0 spiro atoms. The molecule has 0 bridgehead atoms. The van der Waals surface area contributed by atoms with E-state index in [4.69, 9.17) is 19.1 Å². The fraction of sp³-hybridized carbons (Fsp3) is 0.200. The van der Waals surface area contributed by atoms with Crippen LogP contribution in [0.15, 0.2) is 18.2 Å². The summed E-state index contributed by atoms with van der Waals surface area (Å²) in [5.74, 6) is -2.60. The zero-order chi connectivity index (χ0) is 13.0. The summed E-state index contributed by atoms with van der Waals surface area (Å²) in [6, 6.07) is 4.20. The first-order chi connectivity index (χ1) is 8.02. The summed E-state index contributed by atoms with van der Waals surface area (Å²) < 4.78 is 10.1. The highest BCUT2D eigenvalue weighted by atomic mass is 28.3. The van der Waals surface area contributed by atoms with Crippen LogP contribution in [0.1, 0.15) is 20.7 Å². The molecule has 0 aliphatic heterocycles. The van der Waals surface area contributed by atoms with Crippen molar-refractivity contribution in [3.05, 3.63) is 29.3 Å². The minimum Gasteiger partial charge on any atom is -0.478 e. The third kappa shape index (κ3) is 2.70. The molecule has 0 aliphatic carbocycles. The Morgan fingerprint density at radius 2 is 1.71 bits per heavy atom. The van der Waals surface area contributed by atoms with Crippen LogP contribution in [-0.2, 0) is 8.85 Å². The van der Waals surface area contributed by atoms with E-state index in [1.807, 2.05) is 0 Å². The SMILES string of the molecule is CO[Si](OC)c1cccc(C(=O)O)c1C(=O)O. The van der Waals surface area contributed by atoms with Crippen LogP contribution >= 0.6 is 0 Å². The summed E-state index contributed by atoms with van der Waals surface area (Å²) in [6.45, 7) is 0. The lowest BCUT2D eigenvalue weighted by Gasteiger charge is -2.13. The van der Waals surface area contributed by atoms with Gasteiger partial charge in [0.1, 0.15) is 0 Å². The van der Waals surface area contributed by atoms with E-state index < -0.39 is 21.2 Å². The van der Waals surface area contributed by atoms with Gasteiger partial charge >= 0.3 is 21.2 Å². The molecular weight excluding hydrogens is 244 g/mol. The molecule has 0 atom stereocenters. The second-order valence-corrected chi connectivity index (χ2v) is 4.96. The first-order valence-electron chi connectivity index (χ1n) is 4.57. The van der Waals surface area contributed by atoms with Gasteiger partial charge in [-0.1, -0.05) is 12.1 Å². The third-order valence-corrected chi connectivity index (χ3v) is 3.70. The largest absolute Gasteiger partial charge is 0.478 e. The van der Waals surface area contributed by atoms with E-state index in [1.165, 1.54) is 32.4 Å². The molecule has 6 nitrogen and oxygen atoms in total. The van der Waals surface area contributed by atoms with Crippen LogP contribution < -0.4 is 5.19 Å². The number of carbonyl (C=O) groups is 2. The molecule has 2 N–H and O–H groups in total. The average Bonchev–Trinajstić information content (AvgIpc) is 2.30. The monoisotopic (exact) mass is 255 g/mol. The lowest BCUT2D eigenvalue weighted by Crippen LogP contribution is -2.39. The highest BCUT2D eigenvalue weighted by molar-refractivity contribution is 6.63. The Morgan fingerprint density at radius 1 is 1.12 bits per heavy atom. The number of benzene rings is 1. The molecular formula is C10H11O6Si. The molecule has 0 aliphatic rings. The highest BCUT2D eigenvalue weighted by Gasteiger charge is 2.27. The predicted octanol–water partition coefficient (Wildman–Crippen LogP) is 0.0710. The Balaban J connectivity index is 3.44. The maximum atomic E-state index is 11.1. The smallest absolute Gasteiger partial charge is 0.423 e. The minimum atomic E-state index is -1.97. The van der Waals surface area contributed by atoms with Gasteiger partial charge in [0, 0.05) is 19.4 Å². The van der Waals surface area contributed by atoms with Gasteiger partial charge in [-0.15, -0.1) is 0 Å². The van der Waals surface area contributed by atoms with E-state index >= 15 is 0 Å². The van der Waals surface area contributed by atoms with Gasteiger partial charge in [-0.2, -0.15) is 0 Å². The predicted molar refractivity (Wildman–Crippen MR) is 59.8 cm³/mol. The molecule has 7 heteroatoms. The first kappa shape index (κ1) is 13.4. The summed E-state index contributed by atoms with van der Waals surface area (Å²) in [5, 5.41) is 18.3. The van der Waals surface area contributed by atoms with Gasteiger partial charge in [-0.05, 0) is 6.07 Å². The standard InChI is InChI=1S/C10H11O6Si/c1-15-17(16-2)7-5-3-4-6(9(11)12)8(7)10(13)14/h3-5H,1-2H3,(H,11,12)(H,13,14). The van der Waals surface area contributed by atoms with Crippen LogP contribution in [0.2, 0.25) is 0 Å². The van der Waals surface area contributed by atoms with Crippen LogP contribution in [0.5, 0.6) is 0 Å². The Morgan fingerprint density at radius 3 is 2.12 bits per heavy atom. The number of carboxylic acids is 2. The van der Waals surface area contributed by atoms with Gasteiger partial charge in [-0.25, -0.2) is 9.59 Å². The Kier molecular flexibility index (Phi) is 4.38. The van der Waals surface area contributed by atoms with Crippen LogP contribution in [0.4, 0.5) is 0 Å². The summed E-state index contributed by atoms with van der Waals surface area (Å²) in [4.78, 5) is 22.1. The number of hydrogen-bond donors (Lipinski definition) is 2. The molecule has 0 heterocycles. The third-order valence-electron chi connectivity index (χ3n) is 2.10. The summed E-state index contributed by atoms with van der Waals surface area (Å²) in [7, 11) is 0.797. The number of carboxylic acid groups (broad SMARTS) is 2. The Labute approximate surface area is 99.3 Å². The molecule has 1 radical (unpaired) electrons. The molecule has 91 valence electrons. The van der Waals surface area contributed by atoms with E-state index in [-0.39, 0.29) is 16.3 Å². The molecule has 0 saturated carbocycles. The first-order valence-corrected chi connectivity index (χ1v) is 5.89. The number of rotatable bonds is 5. The highest BCUT2D eigenvalue weighted by Crippen LogP contribution is 2.08. The van der Waals surface area contributed by atoms with Crippen molar-refractivity contribution in [2.45, 2.75) is 0 Å². The molecule has 1 aromatic rings. The van der Waals surface area contributed by atoms with Crippen molar-refractivity contribution < 1.29 is 28.7 Å². The second kappa shape index (κ2) is 5.57. The van der Waals surface area contributed by atoms with Crippen molar-refractivity contribution in [1.29, 1.82) is 0 Å². The van der Waals surface area contributed by atoms with E-state index in [2.05, 4.69) is 0 Å². The maximum absolute atomic E-state index is 11.1. The van der Waals surface area contributed by atoms with Crippen LogP contribution in [0, 0.1) is 0 Å². The van der Waals surface area contributed by atoms with E-state index in [0.717, 1.165) is 0 Å². The Hall–Kier alpha value is -1.70. The van der Waals surface area contributed by atoms with Crippen LogP contribution in [-0.4, -0.2) is 45.7 Å². The van der Waals surface area contributed by atoms with Gasteiger partial charge in [0.15, 0.2) is 0 Å². The van der Waals surface area contributed by atoms with E-state index in [9.17, 15) is 9.59 Å². The average molecular weight is 255 g/mol. The van der Waals surface area contributed by atoms with Crippen molar-refractivity contribution >= 4 is 26.4 Å². The minimum absolute atomic E-state index is 0.271. The molecule has 1 aromatic carbocycles. The van der Waals surface area contributed by atoms with Gasteiger partial charge in [-0.3, -0.25) is 0 Å². The van der Waals surface area contributed by atoms with E-state index in [0.29, 0.717) is 0 Å². The van der Waals surface area contributed by atoms with Crippen molar-refractivity contribution in [1.82, 2.24) is 0 Å². The maximum Gasteiger partial charge on any atom is 0.423 e. The molecule has 0 fully saturated rings. The summed E-state index contributed by atoms with van der Waals surface area (Å²) in [6.07, 6.45) is 0. The van der Waals surface area contributed by atoms with Crippen LogP contribution in [0.25, 0.3) is 0 Å². The molecule has 0 saturated heterocycles. The normalized spacial score (nSPS) is 10.5. The van der Waals surface area contributed by atoms with Crippen molar-refractivity contribution in [3.8, 4) is 0 Å². The molecule has 0 amide bonds. The van der Waals surface area contributed by atoms with Crippen molar-refractivity contribution in [2.24, 2.45) is 0 Å². The lowest BCUT2D eigenvalue weighted by atomic mass is 10.1. The summed E-state index contributed by atoms with van der Waals surface area (Å²) >= 11 is 0. The van der Waals surface area contributed by atoms with Crippen molar-refractivity contribution in [3.63, 3.8) is 0 Å². The molecule has 0 unspecified atom stereocenters. The quantitative estimate of drug-likeness (QED) is 0.723. The zero-order valence-corrected chi connectivity index (χ0v) is 10.3. The fourth-order valence-corrected chi connectivity index (χ4v) is 2.72. The van der Waals surface area contributed by atoms with Gasteiger partial charge in [0.25, 0.3) is 0 Å². The fourth-order valence-electron chi connectivity index (χ4n) is 1.43. The molecule has 0 aromatic heterocycles.